The van der Waals surface area contributed by atoms with Gasteiger partial charge in [0.15, 0.2) is 5.65 Å². The SMILES string of the molecule is O=C([C@@H]1CCCN(c2cnc3nccnc3c2)C1)N1CCC(Cc2ccccc2)CC1. The molecule has 4 heterocycles. The van der Waals surface area contributed by atoms with Crippen molar-refractivity contribution in [1.82, 2.24) is 19.9 Å². The van der Waals surface area contributed by atoms with Crippen LogP contribution in [0.1, 0.15) is 31.2 Å². The number of rotatable bonds is 4. The lowest BCUT2D eigenvalue weighted by molar-refractivity contribution is -0.137. The summed E-state index contributed by atoms with van der Waals surface area (Å²) in [5.74, 6) is 1.08. The third kappa shape index (κ3) is 4.53. The van der Waals surface area contributed by atoms with Gasteiger partial charge in [0.25, 0.3) is 0 Å². The van der Waals surface area contributed by atoms with Gasteiger partial charge in [0.1, 0.15) is 5.52 Å². The molecule has 160 valence electrons. The Morgan fingerprint density at radius 2 is 1.77 bits per heavy atom. The minimum absolute atomic E-state index is 0.0666. The zero-order valence-corrected chi connectivity index (χ0v) is 17.9. The van der Waals surface area contributed by atoms with E-state index < -0.39 is 0 Å². The Balaban J connectivity index is 1.19. The summed E-state index contributed by atoms with van der Waals surface area (Å²) < 4.78 is 0. The first-order chi connectivity index (χ1) is 15.3. The number of nitrogens with zero attached hydrogens (tertiary/aromatic N) is 5. The zero-order valence-electron chi connectivity index (χ0n) is 17.9. The molecule has 1 atom stereocenters. The zero-order chi connectivity index (χ0) is 21.0. The van der Waals surface area contributed by atoms with E-state index in [-0.39, 0.29) is 5.92 Å². The summed E-state index contributed by atoms with van der Waals surface area (Å²) in [6.45, 7) is 3.49. The Morgan fingerprint density at radius 3 is 2.61 bits per heavy atom. The number of hydrogen-bond acceptors (Lipinski definition) is 5. The van der Waals surface area contributed by atoms with Crippen LogP contribution in [0.5, 0.6) is 0 Å². The highest BCUT2D eigenvalue weighted by molar-refractivity contribution is 5.80. The van der Waals surface area contributed by atoms with Crippen molar-refractivity contribution in [2.75, 3.05) is 31.1 Å². The maximum Gasteiger partial charge on any atom is 0.227 e. The fourth-order valence-corrected chi connectivity index (χ4v) is 5.00. The molecular formula is C25H29N5O. The first-order valence-electron chi connectivity index (χ1n) is 11.4. The lowest BCUT2D eigenvalue weighted by Crippen LogP contribution is -2.47. The predicted molar refractivity (Wildman–Crippen MR) is 122 cm³/mol. The van der Waals surface area contributed by atoms with E-state index in [1.165, 1.54) is 5.56 Å². The van der Waals surface area contributed by atoms with Crippen LogP contribution in [0.25, 0.3) is 11.2 Å². The van der Waals surface area contributed by atoms with E-state index in [2.05, 4.69) is 55.1 Å². The highest BCUT2D eigenvalue weighted by Gasteiger charge is 2.31. The van der Waals surface area contributed by atoms with Crippen LogP contribution in [0.3, 0.4) is 0 Å². The summed E-state index contributed by atoms with van der Waals surface area (Å²) in [7, 11) is 0. The van der Waals surface area contributed by atoms with E-state index in [1.807, 2.05) is 12.3 Å². The van der Waals surface area contributed by atoms with E-state index in [1.54, 1.807) is 12.4 Å². The Kier molecular flexibility index (Phi) is 5.78. The Labute approximate surface area is 183 Å². The lowest BCUT2D eigenvalue weighted by atomic mass is 9.89. The van der Waals surface area contributed by atoms with E-state index in [0.29, 0.717) is 17.5 Å². The smallest absolute Gasteiger partial charge is 0.227 e. The number of hydrogen-bond donors (Lipinski definition) is 0. The van der Waals surface area contributed by atoms with Crippen LogP contribution in [0.15, 0.2) is 55.0 Å². The van der Waals surface area contributed by atoms with Crippen molar-refractivity contribution in [2.24, 2.45) is 11.8 Å². The fraction of sp³-hybridized carbons (Fsp3) is 0.440. The number of pyridine rings is 1. The van der Waals surface area contributed by atoms with E-state index in [9.17, 15) is 4.79 Å². The molecule has 2 aliphatic heterocycles. The molecule has 0 spiro atoms. The van der Waals surface area contributed by atoms with E-state index in [0.717, 1.165) is 69.5 Å². The molecule has 1 amide bonds. The van der Waals surface area contributed by atoms with Gasteiger partial charge in [-0.1, -0.05) is 30.3 Å². The van der Waals surface area contributed by atoms with Crippen LogP contribution in [0, 0.1) is 11.8 Å². The van der Waals surface area contributed by atoms with Gasteiger partial charge in [0, 0.05) is 38.6 Å². The van der Waals surface area contributed by atoms with Gasteiger partial charge in [-0.2, -0.15) is 0 Å². The topological polar surface area (TPSA) is 62.2 Å². The second kappa shape index (κ2) is 9.00. The molecule has 2 saturated heterocycles. The highest BCUT2D eigenvalue weighted by Crippen LogP contribution is 2.28. The van der Waals surface area contributed by atoms with Crippen LogP contribution in [-0.4, -0.2) is 51.9 Å². The van der Waals surface area contributed by atoms with Crippen LogP contribution in [-0.2, 0) is 11.2 Å². The van der Waals surface area contributed by atoms with Crippen molar-refractivity contribution < 1.29 is 4.79 Å². The summed E-state index contributed by atoms with van der Waals surface area (Å²) in [6, 6.07) is 12.8. The maximum atomic E-state index is 13.3. The molecule has 31 heavy (non-hydrogen) atoms. The van der Waals surface area contributed by atoms with Crippen LogP contribution < -0.4 is 4.90 Å². The number of carbonyl (C=O) groups excluding carboxylic acids is 1. The number of anilines is 1. The molecule has 3 aromatic rings. The average molecular weight is 416 g/mol. The second-order valence-electron chi connectivity index (χ2n) is 8.84. The first-order valence-corrected chi connectivity index (χ1v) is 11.4. The summed E-state index contributed by atoms with van der Waals surface area (Å²) in [4.78, 5) is 30.7. The summed E-state index contributed by atoms with van der Waals surface area (Å²) in [5.41, 5.74) is 3.90. The van der Waals surface area contributed by atoms with Gasteiger partial charge >= 0.3 is 0 Å². The van der Waals surface area contributed by atoms with Gasteiger partial charge in [0.2, 0.25) is 5.91 Å². The molecule has 0 aliphatic carbocycles. The average Bonchev–Trinajstić information content (AvgIpc) is 2.84. The van der Waals surface area contributed by atoms with Crippen molar-refractivity contribution >= 4 is 22.8 Å². The minimum atomic E-state index is 0.0666. The number of carbonyl (C=O) groups is 1. The van der Waals surface area contributed by atoms with Crippen molar-refractivity contribution in [3.05, 3.63) is 60.6 Å². The molecule has 0 bridgehead atoms. The van der Waals surface area contributed by atoms with Crippen molar-refractivity contribution in [3.8, 4) is 0 Å². The molecule has 1 aromatic carbocycles. The molecule has 0 saturated carbocycles. The molecule has 0 N–H and O–H groups in total. The Morgan fingerprint density at radius 1 is 0.968 bits per heavy atom. The van der Waals surface area contributed by atoms with Crippen molar-refractivity contribution in [1.29, 1.82) is 0 Å². The maximum absolute atomic E-state index is 13.3. The lowest BCUT2D eigenvalue weighted by Gasteiger charge is -2.38. The van der Waals surface area contributed by atoms with Crippen molar-refractivity contribution in [2.45, 2.75) is 32.1 Å². The molecule has 6 nitrogen and oxygen atoms in total. The van der Waals surface area contributed by atoms with E-state index >= 15 is 0 Å². The third-order valence-corrected chi connectivity index (χ3v) is 6.74. The normalized spacial score (nSPS) is 20.2. The molecular weight excluding hydrogens is 386 g/mol. The number of benzene rings is 1. The molecule has 0 unspecified atom stereocenters. The second-order valence-corrected chi connectivity index (χ2v) is 8.84. The summed E-state index contributed by atoms with van der Waals surface area (Å²) in [5, 5.41) is 0. The number of aromatic nitrogens is 3. The Bertz CT molecular complexity index is 1030. The third-order valence-electron chi connectivity index (χ3n) is 6.74. The Hall–Kier alpha value is -3.02. The molecule has 2 aliphatic rings. The summed E-state index contributed by atoms with van der Waals surface area (Å²) in [6.07, 6.45) is 10.5. The van der Waals surface area contributed by atoms with Crippen LogP contribution in [0.4, 0.5) is 5.69 Å². The molecule has 6 heteroatoms. The molecule has 0 radical (unpaired) electrons. The van der Waals surface area contributed by atoms with Gasteiger partial charge < -0.3 is 9.80 Å². The monoisotopic (exact) mass is 415 g/mol. The van der Waals surface area contributed by atoms with Gasteiger partial charge in [-0.3, -0.25) is 9.78 Å². The largest absolute Gasteiger partial charge is 0.369 e. The van der Waals surface area contributed by atoms with E-state index in [4.69, 9.17) is 0 Å². The van der Waals surface area contributed by atoms with Gasteiger partial charge in [0.05, 0.1) is 17.8 Å². The molecule has 2 aromatic heterocycles. The van der Waals surface area contributed by atoms with Gasteiger partial charge in [-0.05, 0) is 49.7 Å². The number of amides is 1. The molecule has 2 fully saturated rings. The number of piperidine rings is 2. The number of likely N-dealkylation sites (tertiary alicyclic amines) is 1. The minimum Gasteiger partial charge on any atom is -0.369 e. The van der Waals surface area contributed by atoms with Crippen LogP contribution in [0.2, 0.25) is 0 Å². The van der Waals surface area contributed by atoms with Crippen molar-refractivity contribution in [3.63, 3.8) is 0 Å². The predicted octanol–water partition coefficient (Wildman–Crippen LogP) is 3.72. The van der Waals surface area contributed by atoms with Gasteiger partial charge in [-0.15, -0.1) is 0 Å². The number of fused-ring (bicyclic) bond motifs is 1. The highest BCUT2D eigenvalue weighted by atomic mass is 16.2. The van der Waals surface area contributed by atoms with Crippen LogP contribution >= 0.6 is 0 Å². The first kappa shape index (κ1) is 19.9. The molecule has 5 rings (SSSR count). The standard InChI is InChI=1S/C25H29N5O/c31-25(29-13-8-20(9-14-29)15-19-5-2-1-3-6-19)21-7-4-12-30(18-21)22-16-23-24(28-17-22)27-11-10-26-23/h1-3,5-6,10-11,16-17,20-21H,4,7-9,12-15,18H2/t21-/m1/s1. The quantitative estimate of drug-likeness (QED) is 0.650. The van der Waals surface area contributed by atoms with Gasteiger partial charge in [-0.25, -0.2) is 9.97 Å². The summed E-state index contributed by atoms with van der Waals surface area (Å²) >= 11 is 0. The fourth-order valence-electron chi connectivity index (χ4n) is 5.00.